The Labute approximate surface area is 133 Å². The third kappa shape index (κ3) is 3.55. The summed E-state index contributed by atoms with van der Waals surface area (Å²) in [5, 5.41) is 9.49. The van der Waals surface area contributed by atoms with Crippen molar-refractivity contribution < 1.29 is 35.8 Å². The molecule has 0 aliphatic rings. The Morgan fingerprint density at radius 2 is 1.43 bits per heavy atom. The molecule has 0 spiro atoms. The molecule has 0 radical (unpaired) electrons. The fraction of sp³-hybridized carbons (Fsp3) is 0.455. The first-order valence-corrected chi connectivity index (χ1v) is 6.68. The van der Waals surface area contributed by atoms with E-state index in [2.05, 4.69) is 0 Å². The van der Waals surface area contributed by atoms with E-state index in [9.17, 15) is 35.8 Å². The average molecular weight is 451 g/mol. The first-order chi connectivity index (χ1) is 9.32. The van der Waals surface area contributed by atoms with E-state index in [4.69, 9.17) is 11.6 Å². The Morgan fingerprint density at radius 1 is 1.00 bits per heavy atom. The molecule has 120 valence electrons. The van der Waals surface area contributed by atoms with Crippen molar-refractivity contribution in [3.05, 3.63) is 34.9 Å². The normalized spacial score (nSPS) is 16.7. The molecular weight excluding hydrogens is 443 g/mol. The number of halogens is 9. The second-order valence-corrected chi connectivity index (χ2v) is 5.88. The van der Waals surface area contributed by atoms with E-state index in [1.54, 1.807) is 0 Å². The van der Waals surface area contributed by atoms with Gasteiger partial charge in [0.25, 0.3) is 0 Å². The summed E-state index contributed by atoms with van der Waals surface area (Å²) in [6.45, 7) is 0. The number of aliphatic hydroxyl groups is 1. The number of benzene rings is 1. The molecule has 1 N–H and O–H groups in total. The lowest BCUT2D eigenvalue weighted by atomic mass is 9.97. The SMILES string of the molecule is OC(c1ccc(Cl)cc1)C(F)C(F)(F)C(F)(F)C(F)(F)I. The van der Waals surface area contributed by atoms with E-state index in [0.29, 0.717) is 0 Å². The highest BCUT2D eigenvalue weighted by molar-refractivity contribution is 14.1. The Bertz CT molecular complexity index is 488. The third-order valence-corrected chi connectivity index (χ3v) is 3.54. The maximum Gasteiger partial charge on any atom is 0.384 e. The molecule has 0 heterocycles. The molecule has 1 aromatic rings. The summed E-state index contributed by atoms with van der Waals surface area (Å²) in [6, 6.07) is 4.01. The van der Waals surface area contributed by atoms with Crippen molar-refractivity contribution >= 4 is 34.2 Å². The van der Waals surface area contributed by atoms with Crippen LogP contribution in [0.3, 0.4) is 0 Å². The zero-order valence-corrected chi connectivity index (χ0v) is 12.7. The van der Waals surface area contributed by atoms with Crippen molar-refractivity contribution in [2.24, 2.45) is 0 Å². The monoisotopic (exact) mass is 450 g/mol. The summed E-state index contributed by atoms with van der Waals surface area (Å²) >= 11 is 5.27. The van der Waals surface area contributed by atoms with E-state index in [1.165, 1.54) is 0 Å². The first-order valence-electron chi connectivity index (χ1n) is 5.22. The van der Waals surface area contributed by atoms with Crippen LogP contribution < -0.4 is 0 Å². The lowest BCUT2D eigenvalue weighted by molar-refractivity contribution is -0.300. The van der Waals surface area contributed by atoms with Crippen LogP contribution in [0.1, 0.15) is 11.7 Å². The molecule has 2 atom stereocenters. The molecule has 0 saturated carbocycles. The summed E-state index contributed by atoms with van der Waals surface area (Å²) in [4.78, 5) is 0. The molecule has 0 aromatic heterocycles. The largest absolute Gasteiger partial charge is 0.385 e. The van der Waals surface area contributed by atoms with Crippen LogP contribution in [0.4, 0.5) is 30.7 Å². The molecule has 0 saturated heterocycles. The second kappa shape index (κ2) is 6.07. The molecule has 2 unspecified atom stereocenters. The fourth-order valence-electron chi connectivity index (χ4n) is 1.39. The van der Waals surface area contributed by atoms with Crippen LogP contribution >= 0.6 is 34.2 Å². The van der Waals surface area contributed by atoms with Gasteiger partial charge in [-0.15, -0.1) is 0 Å². The van der Waals surface area contributed by atoms with Crippen LogP contribution in [0.5, 0.6) is 0 Å². The van der Waals surface area contributed by atoms with Gasteiger partial charge in [0.15, 0.2) is 6.17 Å². The van der Waals surface area contributed by atoms with Crippen LogP contribution in [0.15, 0.2) is 24.3 Å². The van der Waals surface area contributed by atoms with E-state index in [-0.39, 0.29) is 27.6 Å². The molecule has 0 bridgehead atoms. The predicted octanol–water partition coefficient (Wildman–Crippen LogP) is 5.01. The molecular formula is C11H7ClF7IO. The van der Waals surface area contributed by atoms with Gasteiger partial charge in [-0.3, -0.25) is 0 Å². The van der Waals surface area contributed by atoms with Gasteiger partial charge in [0.05, 0.1) is 0 Å². The van der Waals surface area contributed by atoms with E-state index < -0.39 is 33.6 Å². The van der Waals surface area contributed by atoms with Crippen molar-refractivity contribution in [1.82, 2.24) is 0 Å². The number of hydrogen-bond donors (Lipinski definition) is 1. The molecule has 1 rings (SSSR count). The predicted molar refractivity (Wildman–Crippen MR) is 70.2 cm³/mol. The van der Waals surface area contributed by atoms with Crippen molar-refractivity contribution in [2.45, 2.75) is 28.0 Å². The first kappa shape index (κ1) is 18.8. The molecule has 0 amide bonds. The third-order valence-electron chi connectivity index (χ3n) is 2.61. The van der Waals surface area contributed by atoms with E-state index in [1.807, 2.05) is 0 Å². The zero-order chi connectivity index (χ0) is 16.6. The van der Waals surface area contributed by atoms with Gasteiger partial charge in [0, 0.05) is 27.6 Å². The summed E-state index contributed by atoms with van der Waals surface area (Å²) in [6.07, 6.45) is -6.66. The highest BCUT2D eigenvalue weighted by Crippen LogP contribution is 2.52. The van der Waals surface area contributed by atoms with Gasteiger partial charge >= 0.3 is 15.8 Å². The van der Waals surface area contributed by atoms with Gasteiger partial charge < -0.3 is 5.11 Å². The summed E-state index contributed by atoms with van der Waals surface area (Å²) in [5.74, 6) is -11.8. The van der Waals surface area contributed by atoms with Crippen LogP contribution in [0.25, 0.3) is 0 Å². The maximum atomic E-state index is 13.5. The molecule has 1 nitrogen and oxygen atoms in total. The van der Waals surface area contributed by atoms with Gasteiger partial charge in [-0.1, -0.05) is 23.7 Å². The van der Waals surface area contributed by atoms with E-state index in [0.717, 1.165) is 24.3 Å². The Balaban J connectivity index is 3.10. The lowest BCUT2D eigenvalue weighted by Crippen LogP contribution is -2.57. The van der Waals surface area contributed by atoms with Crippen LogP contribution in [-0.2, 0) is 0 Å². The van der Waals surface area contributed by atoms with E-state index >= 15 is 0 Å². The van der Waals surface area contributed by atoms with Gasteiger partial charge in [-0.25, -0.2) is 4.39 Å². The topological polar surface area (TPSA) is 20.2 Å². The maximum absolute atomic E-state index is 13.5. The van der Waals surface area contributed by atoms with Gasteiger partial charge in [0.2, 0.25) is 0 Å². The Morgan fingerprint density at radius 3 is 1.81 bits per heavy atom. The minimum atomic E-state index is -5.98. The highest BCUT2D eigenvalue weighted by Gasteiger charge is 2.74. The quantitative estimate of drug-likeness (QED) is 0.380. The average Bonchev–Trinajstić information content (AvgIpc) is 2.36. The number of aliphatic hydroxyl groups excluding tert-OH is 1. The lowest BCUT2D eigenvalue weighted by Gasteiger charge is -2.33. The van der Waals surface area contributed by atoms with Crippen LogP contribution in [0.2, 0.25) is 5.02 Å². The Kier molecular flexibility index (Phi) is 5.42. The standard InChI is InChI=1S/C11H7ClF7IO/c12-6-3-1-5(2-4-6)7(21)8(13)9(14,15)10(16,17)11(18,19)20/h1-4,7-8,21H. The Hall–Kier alpha value is -0.290. The minimum absolute atomic E-state index is 0.122. The molecule has 21 heavy (non-hydrogen) atoms. The molecule has 0 fully saturated rings. The number of alkyl halides is 8. The van der Waals surface area contributed by atoms with Gasteiger partial charge in [-0.2, -0.15) is 26.3 Å². The van der Waals surface area contributed by atoms with Gasteiger partial charge in [-0.05, 0) is 17.7 Å². The van der Waals surface area contributed by atoms with Crippen molar-refractivity contribution in [3.8, 4) is 0 Å². The summed E-state index contributed by atoms with van der Waals surface area (Å²) in [5.41, 5.74) is -0.501. The highest BCUT2D eigenvalue weighted by atomic mass is 127. The molecule has 0 aliphatic heterocycles. The van der Waals surface area contributed by atoms with Crippen molar-refractivity contribution in [2.75, 3.05) is 0 Å². The number of hydrogen-bond acceptors (Lipinski definition) is 1. The van der Waals surface area contributed by atoms with Crippen LogP contribution in [0, 0.1) is 0 Å². The molecule has 0 aliphatic carbocycles. The van der Waals surface area contributed by atoms with Crippen molar-refractivity contribution in [3.63, 3.8) is 0 Å². The summed E-state index contributed by atoms with van der Waals surface area (Å²) in [7, 11) is 0. The fourth-order valence-corrected chi connectivity index (χ4v) is 1.87. The smallest absolute Gasteiger partial charge is 0.384 e. The number of rotatable bonds is 5. The second-order valence-electron chi connectivity index (χ2n) is 4.09. The zero-order valence-electron chi connectivity index (χ0n) is 9.81. The van der Waals surface area contributed by atoms with Crippen LogP contribution in [-0.4, -0.2) is 27.1 Å². The van der Waals surface area contributed by atoms with Crippen molar-refractivity contribution in [1.29, 1.82) is 0 Å². The minimum Gasteiger partial charge on any atom is -0.385 e. The molecule has 1 aromatic carbocycles. The van der Waals surface area contributed by atoms with Gasteiger partial charge in [0.1, 0.15) is 6.10 Å². The summed E-state index contributed by atoms with van der Waals surface area (Å²) < 4.78 is 86.1. The molecule has 10 heteroatoms.